The van der Waals surface area contributed by atoms with Crippen LogP contribution in [0.4, 0.5) is 5.69 Å². The molecular formula is C21H28N2O4S. The molecule has 0 aliphatic carbocycles. The van der Waals surface area contributed by atoms with E-state index >= 15 is 0 Å². The summed E-state index contributed by atoms with van der Waals surface area (Å²) in [5.74, 6) is 0.655. The van der Waals surface area contributed by atoms with Gasteiger partial charge >= 0.3 is 0 Å². The number of aryl methyl sites for hydroxylation is 1. The fraction of sp³-hybridized carbons (Fsp3) is 0.381. The first-order valence-corrected chi connectivity index (χ1v) is 10.8. The molecule has 0 aromatic heterocycles. The molecule has 2 aromatic rings. The minimum Gasteiger partial charge on any atom is -0.494 e. The topological polar surface area (TPSA) is 75.7 Å². The predicted octanol–water partition coefficient (Wildman–Crippen LogP) is 3.69. The number of para-hydroxylation sites is 1. The highest BCUT2D eigenvalue weighted by molar-refractivity contribution is 7.89. The second-order valence-corrected chi connectivity index (χ2v) is 8.73. The fourth-order valence-corrected chi connectivity index (χ4v) is 4.00. The maximum Gasteiger partial charge on any atom is 0.243 e. The summed E-state index contributed by atoms with van der Waals surface area (Å²) >= 11 is 0. The van der Waals surface area contributed by atoms with Crippen LogP contribution in [0.2, 0.25) is 0 Å². The Morgan fingerprint density at radius 1 is 1.11 bits per heavy atom. The Bertz CT molecular complexity index is 893. The van der Waals surface area contributed by atoms with Gasteiger partial charge in [-0.05, 0) is 63.1 Å². The Hall–Kier alpha value is -2.38. The van der Waals surface area contributed by atoms with E-state index in [1.54, 1.807) is 19.2 Å². The van der Waals surface area contributed by atoms with Gasteiger partial charge in [0.25, 0.3) is 0 Å². The number of anilines is 1. The molecule has 0 unspecified atom stereocenters. The summed E-state index contributed by atoms with van der Waals surface area (Å²) in [5.41, 5.74) is 1.55. The lowest BCUT2D eigenvalue weighted by atomic mass is 10.1. The second kappa shape index (κ2) is 9.71. The van der Waals surface area contributed by atoms with Crippen LogP contribution in [0, 0.1) is 0 Å². The van der Waals surface area contributed by atoms with Crippen molar-refractivity contribution in [3.05, 3.63) is 54.1 Å². The first-order chi connectivity index (χ1) is 13.3. The van der Waals surface area contributed by atoms with E-state index in [0.29, 0.717) is 25.1 Å². The summed E-state index contributed by atoms with van der Waals surface area (Å²) in [6.07, 6.45) is 0.869. The molecule has 1 amide bonds. The highest BCUT2D eigenvalue weighted by Gasteiger charge is 2.22. The van der Waals surface area contributed by atoms with Gasteiger partial charge < -0.3 is 10.1 Å². The van der Waals surface area contributed by atoms with Gasteiger partial charge in [-0.25, -0.2) is 8.42 Å². The Balaban J connectivity index is 1.98. The van der Waals surface area contributed by atoms with Crippen LogP contribution in [-0.4, -0.2) is 38.3 Å². The molecule has 0 fully saturated rings. The summed E-state index contributed by atoms with van der Waals surface area (Å²) in [7, 11) is -1.98. The SMILES string of the molecule is CCOc1ccccc1CCC(=O)Nc1ccc(S(=O)(=O)N(C)C(C)C)cc1. The molecule has 7 heteroatoms. The maximum absolute atomic E-state index is 12.5. The molecule has 1 N–H and O–H groups in total. The molecule has 0 aliphatic heterocycles. The molecule has 0 saturated carbocycles. The maximum atomic E-state index is 12.5. The number of sulfonamides is 1. The molecule has 0 heterocycles. The van der Waals surface area contributed by atoms with Crippen LogP contribution < -0.4 is 10.1 Å². The number of carbonyl (C=O) groups is 1. The van der Waals surface area contributed by atoms with Gasteiger partial charge in [-0.2, -0.15) is 4.31 Å². The van der Waals surface area contributed by atoms with Crippen LogP contribution in [0.15, 0.2) is 53.4 Å². The summed E-state index contributed by atoms with van der Waals surface area (Å²) in [6.45, 7) is 6.13. The number of ether oxygens (including phenoxy) is 1. The van der Waals surface area contributed by atoms with Crippen molar-refractivity contribution in [3.8, 4) is 5.75 Å². The van der Waals surface area contributed by atoms with E-state index < -0.39 is 10.0 Å². The molecule has 0 atom stereocenters. The van der Waals surface area contributed by atoms with Crippen LogP contribution in [0.25, 0.3) is 0 Å². The van der Waals surface area contributed by atoms with Crippen LogP contribution in [0.3, 0.4) is 0 Å². The van der Waals surface area contributed by atoms with Gasteiger partial charge in [0, 0.05) is 25.2 Å². The van der Waals surface area contributed by atoms with Crippen molar-refractivity contribution in [2.24, 2.45) is 0 Å². The van der Waals surface area contributed by atoms with E-state index in [-0.39, 0.29) is 16.8 Å². The molecule has 0 aliphatic rings. The minimum atomic E-state index is -3.53. The van der Waals surface area contributed by atoms with Gasteiger partial charge in [0.05, 0.1) is 11.5 Å². The van der Waals surface area contributed by atoms with Crippen LogP contribution in [-0.2, 0) is 21.2 Å². The highest BCUT2D eigenvalue weighted by Crippen LogP contribution is 2.21. The summed E-state index contributed by atoms with van der Waals surface area (Å²) < 4.78 is 31.8. The fourth-order valence-electron chi connectivity index (χ4n) is 2.63. The normalized spacial score (nSPS) is 11.6. The predicted molar refractivity (Wildman–Crippen MR) is 111 cm³/mol. The van der Waals surface area contributed by atoms with Crippen molar-refractivity contribution in [2.75, 3.05) is 19.0 Å². The zero-order valence-corrected chi connectivity index (χ0v) is 17.6. The molecule has 6 nitrogen and oxygen atoms in total. The Kier molecular flexibility index (Phi) is 7.60. The van der Waals surface area contributed by atoms with Crippen molar-refractivity contribution in [2.45, 2.75) is 44.6 Å². The number of hydrogen-bond donors (Lipinski definition) is 1. The number of rotatable bonds is 9. The van der Waals surface area contributed by atoms with Gasteiger partial charge in [-0.15, -0.1) is 0 Å². The number of amides is 1. The van der Waals surface area contributed by atoms with Gasteiger partial charge in [0.2, 0.25) is 15.9 Å². The van der Waals surface area contributed by atoms with Crippen molar-refractivity contribution in [1.82, 2.24) is 4.31 Å². The molecule has 152 valence electrons. The summed E-state index contributed by atoms with van der Waals surface area (Å²) in [5, 5.41) is 2.81. The van der Waals surface area contributed by atoms with Gasteiger partial charge in [-0.3, -0.25) is 4.79 Å². The summed E-state index contributed by atoms with van der Waals surface area (Å²) in [4.78, 5) is 12.5. The zero-order chi connectivity index (χ0) is 20.7. The van der Waals surface area contributed by atoms with Crippen LogP contribution in [0.5, 0.6) is 5.75 Å². The number of benzene rings is 2. The third-order valence-electron chi connectivity index (χ3n) is 4.44. The number of nitrogens with one attached hydrogen (secondary N) is 1. The van der Waals surface area contributed by atoms with E-state index in [1.165, 1.54) is 16.4 Å². The first-order valence-electron chi connectivity index (χ1n) is 9.34. The van der Waals surface area contributed by atoms with E-state index in [1.807, 2.05) is 45.0 Å². The quantitative estimate of drug-likeness (QED) is 0.692. The molecule has 28 heavy (non-hydrogen) atoms. The molecule has 0 spiro atoms. The average molecular weight is 405 g/mol. The molecule has 0 saturated heterocycles. The standard InChI is InChI=1S/C21H28N2O4S/c1-5-27-20-9-7-6-8-17(20)10-15-21(24)22-18-11-13-19(14-12-18)28(25,26)23(4)16(2)3/h6-9,11-14,16H,5,10,15H2,1-4H3,(H,22,24). The average Bonchev–Trinajstić information content (AvgIpc) is 2.67. The first kappa shape index (κ1) is 21.9. The lowest BCUT2D eigenvalue weighted by Gasteiger charge is -2.21. The highest BCUT2D eigenvalue weighted by atomic mass is 32.2. The zero-order valence-electron chi connectivity index (χ0n) is 16.8. The van der Waals surface area contributed by atoms with E-state index in [2.05, 4.69) is 5.32 Å². The lowest BCUT2D eigenvalue weighted by Crippen LogP contribution is -2.33. The third kappa shape index (κ3) is 5.56. The van der Waals surface area contributed by atoms with E-state index in [0.717, 1.165) is 11.3 Å². The Morgan fingerprint density at radius 3 is 2.36 bits per heavy atom. The van der Waals surface area contributed by atoms with E-state index in [9.17, 15) is 13.2 Å². The molecule has 2 rings (SSSR count). The molecule has 2 aromatic carbocycles. The number of hydrogen-bond acceptors (Lipinski definition) is 4. The third-order valence-corrected chi connectivity index (χ3v) is 6.48. The minimum absolute atomic E-state index is 0.135. The van der Waals surface area contributed by atoms with E-state index in [4.69, 9.17) is 4.74 Å². The number of carbonyl (C=O) groups excluding carboxylic acids is 1. The summed E-state index contributed by atoms with van der Waals surface area (Å²) in [6, 6.07) is 13.8. The van der Waals surface area contributed by atoms with Crippen molar-refractivity contribution < 1.29 is 17.9 Å². The molecule has 0 radical (unpaired) electrons. The second-order valence-electron chi connectivity index (χ2n) is 6.73. The molecular weight excluding hydrogens is 376 g/mol. The monoisotopic (exact) mass is 404 g/mol. The Labute approximate surface area is 167 Å². The van der Waals surface area contributed by atoms with Gasteiger partial charge in [0.1, 0.15) is 5.75 Å². The largest absolute Gasteiger partial charge is 0.494 e. The Morgan fingerprint density at radius 2 is 1.75 bits per heavy atom. The molecule has 0 bridgehead atoms. The van der Waals surface area contributed by atoms with Gasteiger partial charge in [0.15, 0.2) is 0 Å². The van der Waals surface area contributed by atoms with Crippen molar-refractivity contribution >= 4 is 21.6 Å². The van der Waals surface area contributed by atoms with Crippen LogP contribution >= 0.6 is 0 Å². The van der Waals surface area contributed by atoms with Crippen molar-refractivity contribution in [3.63, 3.8) is 0 Å². The lowest BCUT2D eigenvalue weighted by molar-refractivity contribution is -0.116. The van der Waals surface area contributed by atoms with Crippen molar-refractivity contribution in [1.29, 1.82) is 0 Å². The van der Waals surface area contributed by atoms with Gasteiger partial charge in [-0.1, -0.05) is 18.2 Å². The number of nitrogens with zero attached hydrogens (tertiary/aromatic N) is 1. The smallest absolute Gasteiger partial charge is 0.243 e. The van der Waals surface area contributed by atoms with Crippen LogP contribution in [0.1, 0.15) is 32.8 Å².